The first kappa shape index (κ1) is 13.8. The smallest absolute Gasteiger partial charge is 0.263 e. The highest BCUT2D eigenvalue weighted by atomic mass is 79.9. The lowest BCUT2D eigenvalue weighted by molar-refractivity contribution is 0.600. The Hall–Kier alpha value is -1.60. The third-order valence-electron chi connectivity index (χ3n) is 2.49. The predicted molar refractivity (Wildman–Crippen MR) is 78.3 cm³/mol. The normalized spacial score (nSPS) is 11.3. The van der Waals surface area contributed by atoms with Crippen LogP contribution in [0, 0.1) is 6.92 Å². The Morgan fingerprint density at radius 3 is 2.68 bits per heavy atom. The van der Waals surface area contributed by atoms with Gasteiger partial charge >= 0.3 is 0 Å². The summed E-state index contributed by atoms with van der Waals surface area (Å²) in [7, 11) is -3.70. The quantitative estimate of drug-likeness (QED) is 0.840. The van der Waals surface area contributed by atoms with Gasteiger partial charge in [0, 0.05) is 16.4 Å². The van der Waals surface area contributed by atoms with Crippen molar-refractivity contribution in [3.8, 4) is 0 Å². The molecule has 0 aliphatic heterocycles. The summed E-state index contributed by atoms with van der Waals surface area (Å²) in [5, 5.41) is 0. The standard InChI is InChI=1S/C12H12BrN3O2S/c1-8-6-9(13)10(14)7-11(8)19(17,18)16-12-4-2-3-5-15-12/h2-7H,14H2,1H3,(H,15,16). The molecule has 19 heavy (non-hydrogen) atoms. The minimum atomic E-state index is -3.70. The van der Waals surface area contributed by atoms with Crippen LogP contribution in [0.15, 0.2) is 45.9 Å². The number of benzene rings is 1. The van der Waals surface area contributed by atoms with Crippen molar-refractivity contribution in [1.29, 1.82) is 0 Å². The number of hydrogen-bond donors (Lipinski definition) is 2. The van der Waals surface area contributed by atoms with Gasteiger partial charge < -0.3 is 5.73 Å². The first-order valence-corrected chi connectivity index (χ1v) is 7.67. The van der Waals surface area contributed by atoms with Crippen molar-refractivity contribution in [2.24, 2.45) is 0 Å². The molecular formula is C12H12BrN3O2S. The van der Waals surface area contributed by atoms with E-state index in [2.05, 4.69) is 25.6 Å². The first-order valence-electron chi connectivity index (χ1n) is 5.39. The highest BCUT2D eigenvalue weighted by Crippen LogP contribution is 2.27. The van der Waals surface area contributed by atoms with E-state index < -0.39 is 10.0 Å². The highest BCUT2D eigenvalue weighted by molar-refractivity contribution is 9.10. The summed E-state index contributed by atoms with van der Waals surface area (Å²) in [4.78, 5) is 4.07. The molecule has 0 unspecified atom stereocenters. The molecule has 0 fully saturated rings. The second-order valence-electron chi connectivity index (χ2n) is 3.96. The van der Waals surface area contributed by atoms with Gasteiger partial charge in [-0.25, -0.2) is 13.4 Å². The Kier molecular flexibility index (Phi) is 3.77. The van der Waals surface area contributed by atoms with E-state index in [0.717, 1.165) is 0 Å². The average molecular weight is 342 g/mol. The number of rotatable bonds is 3. The van der Waals surface area contributed by atoms with Gasteiger partial charge in [-0.2, -0.15) is 0 Å². The largest absolute Gasteiger partial charge is 0.398 e. The summed E-state index contributed by atoms with van der Waals surface area (Å²) in [6.45, 7) is 1.71. The van der Waals surface area contributed by atoms with Crippen molar-refractivity contribution in [1.82, 2.24) is 4.98 Å². The molecule has 0 aliphatic carbocycles. The fraction of sp³-hybridized carbons (Fsp3) is 0.0833. The van der Waals surface area contributed by atoms with E-state index >= 15 is 0 Å². The molecule has 2 aromatic rings. The maximum atomic E-state index is 12.3. The molecule has 1 heterocycles. The van der Waals surface area contributed by atoms with Crippen LogP contribution in [0.3, 0.4) is 0 Å². The van der Waals surface area contributed by atoms with Crippen LogP contribution in [0.1, 0.15) is 5.56 Å². The van der Waals surface area contributed by atoms with Crippen molar-refractivity contribution in [3.63, 3.8) is 0 Å². The van der Waals surface area contributed by atoms with Gasteiger partial charge in [0.25, 0.3) is 10.0 Å². The van der Waals surface area contributed by atoms with E-state index in [1.165, 1.54) is 12.3 Å². The summed E-state index contributed by atoms with van der Waals surface area (Å²) < 4.78 is 27.6. The van der Waals surface area contributed by atoms with E-state index in [9.17, 15) is 8.42 Å². The molecular weight excluding hydrogens is 330 g/mol. The Morgan fingerprint density at radius 2 is 2.05 bits per heavy atom. The summed E-state index contributed by atoms with van der Waals surface area (Å²) in [5.74, 6) is 0.267. The van der Waals surface area contributed by atoms with Crippen LogP contribution in [-0.4, -0.2) is 13.4 Å². The summed E-state index contributed by atoms with van der Waals surface area (Å²) >= 11 is 3.26. The second-order valence-corrected chi connectivity index (χ2v) is 6.46. The lowest BCUT2D eigenvalue weighted by Crippen LogP contribution is -2.15. The Labute approximate surface area is 120 Å². The van der Waals surface area contributed by atoms with Crippen LogP contribution >= 0.6 is 15.9 Å². The minimum Gasteiger partial charge on any atom is -0.398 e. The van der Waals surface area contributed by atoms with Crippen LogP contribution in [-0.2, 0) is 10.0 Å². The van der Waals surface area contributed by atoms with E-state index in [4.69, 9.17) is 5.73 Å². The first-order chi connectivity index (χ1) is 8.90. The number of hydrogen-bond acceptors (Lipinski definition) is 4. The lowest BCUT2D eigenvalue weighted by atomic mass is 10.2. The van der Waals surface area contributed by atoms with Gasteiger partial charge in [0.15, 0.2) is 0 Å². The van der Waals surface area contributed by atoms with Gasteiger partial charge in [-0.05, 0) is 52.7 Å². The molecule has 2 rings (SSSR count). The van der Waals surface area contributed by atoms with Gasteiger partial charge in [0.05, 0.1) is 4.90 Å². The number of nitrogens with zero attached hydrogens (tertiary/aromatic N) is 1. The zero-order valence-electron chi connectivity index (χ0n) is 10.1. The molecule has 0 saturated carbocycles. The maximum Gasteiger partial charge on any atom is 0.263 e. The maximum absolute atomic E-state index is 12.3. The van der Waals surface area contributed by atoms with Crippen LogP contribution in [0.2, 0.25) is 0 Å². The van der Waals surface area contributed by atoms with Crippen molar-refractivity contribution in [2.45, 2.75) is 11.8 Å². The molecule has 0 spiro atoms. The Bertz CT molecular complexity index is 702. The number of aryl methyl sites for hydroxylation is 1. The number of nitrogens with two attached hydrogens (primary N) is 1. The SMILES string of the molecule is Cc1cc(Br)c(N)cc1S(=O)(=O)Nc1ccccn1. The Balaban J connectivity index is 2.43. The summed E-state index contributed by atoms with van der Waals surface area (Å²) in [6.07, 6.45) is 1.51. The molecule has 0 radical (unpaired) electrons. The van der Waals surface area contributed by atoms with E-state index in [1.54, 1.807) is 31.2 Å². The topological polar surface area (TPSA) is 85.1 Å². The molecule has 5 nitrogen and oxygen atoms in total. The number of nitrogens with one attached hydrogen (secondary N) is 1. The summed E-state index contributed by atoms with van der Waals surface area (Å²) in [6, 6.07) is 8.08. The molecule has 1 aromatic carbocycles. The van der Waals surface area contributed by atoms with Crippen LogP contribution in [0.4, 0.5) is 11.5 Å². The Morgan fingerprint density at radius 1 is 1.32 bits per heavy atom. The summed E-state index contributed by atoms with van der Waals surface area (Å²) in [5.41, 5.74) is 6.69. The van der Waals surface area contributed by atoms with Gasteiger partial charge in [-0.3, -0.25) is 4.72 Å². The highest BCUT2D eigenvalue weighted by Gasteiger charge is 2.18. The molecule has 0 aliphatic rings. The number of anilines is 2. The number of sulfonamides is 1. The van der Waals surface area contributed by atoms with Gasteiger partial charge in [-0.1, -0.05) is 6.07 Å². The number of aromatic nitrogens is 1. The monoisotopic (exact) mass is 341 g/mol. The third-order valence-corrected chi connectivity index (χ3v) is 4.67. The van der Waals surface area contributed by atoms with Crippen molar-refractivity contribution < 1.29 is 8.42 Å². The van der Waals surface area contributed by atoms with Crippen molar-refractivity contribution in [3.05, 3.63) is 46.6 Å². The van der Waals surface area contributed by atoms with Crippen LogP contribution in [0.25, 0.3) is 0 Å². The zero-order valence-corrected chi connectivity index (χ0v) is 12.5. The van der Waals surface area contributed by atoms with Crippen molar-refractivity contribution >= 4 is 37.5 Å². The lowest BCUT2D eigenvalue weighted by Gasteiger charge is -2.11. The third kappa shape index (κ3) is 3.05. The van der Waals surface area contributed by atoms with Gasteiger partial charge in [-0.15, -0.1) is 0 Å². The molecule has 3 N–H and O–H groups in total. The molecule has 0 bridgehead atoms. The van der Waals surface area contributed by atoms with E-state index in [-0.39, 0.29) is 10.7 Å². The molecule has 0 saturated heterocycles. The minimum absolute atomic E-state index is 0.138. The molecule has 0 amide bonds. The van der Waals surface area contributed by atoms with Crippen LogP contribution in [0.5, 0.6) is 0 Å². The predicted octanol–water partition coefficient (Wildman–Crippen LogP) is 2.54. The van der Waals surface area contributed by atoms with Gasteiger partial charge in [0.2, 0.25) is 0 Å². The van der Waals surface area contributed by atoms with Crippen molar-refractivity contribution in [2.75, 3.05) is 10.5 Å². The molecule has 7 heteroatoms. The average Bonchev–Trinajstić information content (AvgIpc) is 2.34. The fourth-order valence-electron chi connectivity index (χ4n) is 1.57. The van der Waals surface area contributed by atoms with Crippen LogP contribution < -0.4 is 10.5 Å². The number of nitrogen functional groups attached to an aromatic ring is 1. The zero-order chi connectivity index (χ0) is 14.0. The van der Waals surface area contributed by atoms with Gasteiger partial charge in [0.1, 0.15) is 5.82 Å². The van der Waals surface area contributed by atoms with E-state index in [0.29, 0.717) is 15.7 Å². The van der Waals surface area contributed by atoms with E-state index in [1.807, 2.05) is 0 Å². The number of halogens is 1. The molecule has 1 aromatic heterocycles. The molecule has 0 atom stereocenters. The second kappa shape index (κ2) is 5.18. The number of pyridine rings is 1. The molecule has 100 valence electrons. The fourth-order valence-corrected chi connectivity index (χ4v) is 3.30.